The van der Waals surface area contributed by atoms with Gasteiger partial charge in [0, 0.05) is 30.9 Å². The van der Waals surface area contributed by atoms with Crippen LogP contribution in [0.25, 0.3) is 11.1 Å². The first-order chi connectivity index (χ1) is 16.0. The molecule has 8 nitrogen and oxygen atoms in total. The molecule has 33 heavy (non-hydrogen) atoms. The van der Waals surface area contributed by atoms with Crippen molar-refractivity contribution in [2.45, 2.75) is 43.7 Å². The van der Waals surface area contributed by atoms with Crippen LogP contribution in [0.2, 0.25) is 0 Å². The Balaban J connectivity index is 1.29. The van der Waals surface area contributed by atoms with Crippen molar-refractivity contribution in [1.29, 1.82) is 0 Å². The van der Waals surface area contributed by atoms with Gasteiger partial charge in [0.1, 0.15) is 12.6 Å². The molecule has 4 rings (SSSR count). The smallest absolute Gasteiger partial charge is 0.407 e. The number of carbonyl (C=O) groups is 3. The third-order valence-corrected chi connectivity index (χ3v) is 6.50. The van der Waals surface area contributed by atoms with Crippen molar-refractivity contribution < 1.29 is 29.3 Å². The lowest BCUT2D eigenvalue weighted by Crippen LogP contribution is -2.44. The molecular formula is C25H28N2O6. The van der Waals surface area contributed by atoms with Crippen LogP contribution in [-0.4, -0.2) is 53.5 Å². The molecule has 8 heteroatoms. The number of amides is 2. The first kappa shape index (κ1) is 22.8. The van der Waals surface area contributed by atoms with Gasteiger partial charge in [0.05, 0.1) is 0 Å². The Labute approximate surface area is 192 Å². The highest BCUT2D eigenvalue weighted by atomic mass is 16.5. The van der Waals surface area contributed by atoms with Gasteiger partial charge in [0.15, 0.2) is 0 Å². The molecule has 0 radical (unpaired) electrons. The summed E-state index contributed by atoms with van der Waals surface area (Å²) < 4.78 is 5.57. The van der Waals surface area contributed by atoms with E-state index in [0.717, 1.165) is 22.3 Å². The van der Waals surface area contributed by atoms with Gasteiger partial charge in [0.25, 0.3) is 0 Å². The fourth-order valence-corrected chi connectivity index (χ4v) is 4.83. The standard InChI is InChI=1S/C25H28N2O6/c28-12-11-22(24(30)31)27-23(29)15-9-10-16(13-15)26-25(32)33-14-21-19-7-3-1-5-17(19)18-6-2-4-8-20(18)21/h1-8,15-16,21-22,28H,9-14H2,(H,26,32)(H,27,29)(H,30,31)/t15-,16+,22-/m1/s1. The molecule has 0 spiro atoms. The molecule has 2 aliphatic rings. The Morgan fingerprint density at radius 1 is 1.00 bits per heavy atom. The van der Waals surface area contributed by atoms with Gasteiger partial charge in [-0.3, -0.25) is 4.79 Å². The number of carboxylic acid groups (broad SMARTS) is 1. The zero-order chi connectivity index (χ0) is 23.4. The van der Waals surface area contributed by atoms with Crippen molar-refractivity contribution in [3.05, 3.63) is 59.7 Å². The van der Waals surface area contributed by atoms with Crippen LogP contribution in [0.1, 0.15) is 42.7 Å². The number of alkyl carbamates (subject to hydrolysis) is 1. The Morgan fingerprint density at radius 2 is 1.64 bits per heavy atom. The number of hydrogen-bond donors (Lipinski definition) is 4. The first-order valence-corrected chi connectivity index (χ1v) is 11.2. The Hall–Kier alpha value is -3.39. The molecule has 0 aliphatic heterocycles. The fourth-order valence-electron chi connectivity index (χ4n) is 4.83. The maximum Gasteiger partial charge on any atom is 0.407 e. The van der Waals surface area contributed by atoms with Crippen molar-refractivity contribution in [2.24, 2.45) is 5.92 Å². The van der Waals surface area contributed by atoms with Crippen LogP contribution in [-0.2, 0) is 14.3 Å². The normalized spacial score (nSPS) is 19.9. The number of carboxylic acids is 1. The molecule has 1 fully saturated rings. The van der Waals surface area contributed by atoms with E-state index < -0.39 is 18.1 Å². The molecule has 0 aromatic heterocycles. The van der Waals surface area contributed by atoms with Gasteiger partial charge < -0.3 is 25.6 Å². The van der Waals surface area contributed by atoms with Crippen LogP contribution in [0.3, 0.4) is 0 Å². The summed E-state index contributed by atoms with van der Waals surface area (Å²) in [5.74, 6) is -1.95. The molecule has 0 saturated heterocycles. The second-order valence-electron chi connectivity index (χ2n) is 8.59. The second kappa shape index (κ2) is 10.0. The Kier molecular flexibility index (Phi) is 6.93. The molecule has 4 N–H and O–H groups in total. The van der Waals surface area contributed by atoms with Gasteiger partial charge in [-0.15, -0.1) is 0 Å². The molecule has 0 unspecified atom stereocenters. The van der Waals surface area contributed by atoms with Crippen molar-refractivity contribution in [3.8, 4) is 11.1 Å². The lowest BCUT2D eigenvalue weighted by Gasteiger charge is -2.18. The molecule has 0 heterocycles. The Bertz CT molecular complexity index is 994. The number of aliphatic hydroxyl groups is 1. The predicted molar refractivity (Wildman–Crippen MR) is 121 cm³/mol. The SMILES string of the molecule is O=C(N[C@H]1CC[C@@H](C(=O)N[C@H](CCO)C(=O)O)C1)OCC1c2ccccc2-c2ccccc21. The minimum Gasteiger partial charge on any atom is -0.480 e. The quantitative estimate of drug-likeness (QED) is 0.488. The maximum atomic E-state index is 12.5. The summed E-state index contributed by atoms with van der Waals surface area (Å²) >= 11 is 0. The number of benzene rings is 2. The summed E-state index contributed by atoms with van der Waals surface area (Å²) in [5, 5.41) is 23.4. The summed E-state index contributed by atoms with van der Waals surface area (Å²) in [4.78, 5) is 36.1. The molecule has 174 valence electrons. The van der Waals surface area contributed by atoms with Gasteiger partial charge in [-0.25, -0.2) is 9.59 Å². The topological polar surface area (TPSA) is 125 Å². The minimum atomic E-state index is -1.18. The number of rotatable bonds is 8. The number of fused-ring (bicyclic) bond motifs is 3. The summed E-state index contributed by atoms with van der Waals surface area (Å²) in [7, 11) is 0. The highest BCUT2D eigenvalue weighted by Crippen LogP contribution is 2.44. The van der Waals surface area contributed by atoms with Gasteiger partial charge in [0.2, 0.25) is 5.91 Å². The molecular weight excluding hydrogens is 424 g/mol. The van der Waals surface area contributed by atoms with Crippen molar-refractivity contribution >= 4 is 18.0 Å². The molecule has 2 amide bonds. The summed E-state index contributed by atoms with van der Waals surface area (Å²) in [6, 6.07) is 14.9. The number of aliphatic hydroxyl groups excluding tert-OH is 1. The lowest BCUT2D eigenvalue weighted by molar-refractivity contribution is -0.142. The van der Waals surface area contributed by atoms with Crippen LogP contribution in [0.4, 0.5) is 4.79 Å². The van der Waals surface area contributed by atoms with E-state index in [-0.39, 0.29) is 43.4 Å². The summed E-state index contributed by atoms with van der Waals surface area (Å²) in [6.45, 7) is -0.105. The lowest BCUT2D eigenvalue weighted by atomic mass is 9.98. The van der Waals surface area contributed by atoms with E-state index >= 15 is 0 Å². The van der Waals surface area contributed by atoms with E-state index in [2.05, 4.69) is 34.9 Å². The van der Waals surface area contributed by atoms with E-state index in [9.17, 15) is 14.4 Å². The van der Waals surface area contributed by atoms with E-state index in [1.54, 1.807) is 0 Å². The van der Waals surface area contributed by atoms with Gasteiger partial charge in [-0.2, -0.15) is 0 Å². The van der Waals surface area contributed by atoms with E-state index in [4.69, 9.17) is 14.9 Å². The third-order valence-electron chi connectivity index (χ3n) is 6.50. The van der Waals surface area contributed by atoms with Crippen LogP contribution >= 0.6 is 0 Å². The number of carbonyl (C=O) groups excluding carboxylic acids is 2. The van der Waals surface area contributed by atoms with Gasteiger partial charge in [-0.1, -0.05) is 48.5 Å². The molecule has 2 aliphatic carbocycles. The molecule has 2 aromatic rings. The highest BCUT2D eigenvalue weighted by Gasteiger charge is 2.34. The van der Waals surface area contributed by atoms with Crippen molar-refractivity contribution in [3.63, 3.8) is 0 Å². The zero-order valence-electron chi connectivity index (χ0n) is 18.2. The van der Waals surface area contributed by atoms with Crippen LogP contribution in [0.5, 0.6) is 0 Å². The largest absolute Gasteiger partial charge is 0.480 e. The summed E-state index contributed by atoms with van der Waals surface area (Å²) in [5.41, 5.74) is 4.60. The van der Waals surface area contributed by atoms with Gasteiger partial charge in [-0.05, 0) is 41.5 Å². The molecule has 3 atom stereocenters. The Morgan fingerprint density at radius 3 is 2.24 bits per heavy atom. The average Bonchev–Trinajstić information content (AvgIpc) is 3.40. The van der Waals surface area contributed by atoms with E-state index in [0.29, 0.717) is 19.3 Å². The zero-order valence-corrected chi connectivity index (χ0v) is 18.2. The van der Waals surface area contributed by atoms with Crippen LogP contribution < -0.4 is 10.6 Å². The van der Waals surface area contributed by atoms with E-state index in [1.807, 2.05) is 24.3 Å². The number of hydrogen-bond acceptors (Lipinski definition) is 5. The number of ether oxygens (including phenoxy) is 1. The maximum absolute atomic E-state index is 12.5. The predicted octanol–water partition coefficient (Wildman–Crippen LogP) is 2.65. The summed E-state index contributed by atoms with van der Waals surface area (Å²) in [6.07, 6.45) is 1.01. The van der Waals surface area contributed by atoms with Crippen molar-refractivity contribution in [2.75, 3.05) is 13.2 Å². The highest BCUT2D eigenvalue weighted by molar-refractivity contribution is 5.85. The average molecular weight is 453 g/mol. The second-order valence-corrected chi connectivity index (χ2v) is 8.59. The van der Waals surface area contributed by atoms with Crippen LogP contribution in [0.15, 0.2) is 48.5 Å². The molecule has 0 bridgehead atoms. The van der Waals surface area contributed by atoms with Gasteiger partial charge >= 0.3 is 12.1 Å². The minimum absolute atomic E-state index is 0.0234. The van der Waals surface area contributed by atoms with E-state index in [1.165, 1.54) is 0 Å². The molecule has 1 saturated carbocycles. The number of aliphatic carboxylic acids is 1. The molecule has 2 aromatic carbocycles. The first-order valence-electron chi connectivity index (χ1n) is 11.2. The fraction of sp³-hybridized carbons (Fsp3) is 0.400. The monoisotopic (exact) mass is 452 g/mol. The van der Waals surface area contributed by atoms with Crippen LogP contribution in [0, 0.1) is 5.92 Å². The third kappa shape index (κ3) is 5.01. The number of nitrogens with one attached hydrogen (secondary N) is 2. The van der Waals surface area contributed by atoms with Crippen molar-refractivity contribution in [1.82, 2.24) is 10.6 Å².